The first-order valence-electron chi connectivity index (χ1n) is 12.6. The number of aryl methyl sites for hydroxylation is 1. The van der Waals surface area contributed by atoms with Crippen molar-refractivity contribution in [1.82, 2.24) is 5.32 Å². The molecule has 0 radical (unpaired) electrons. The van der Waals surface area contributed by atoms with Crippen molar-refractivity contribution in [2.24, 2.45) is 17.1 Å². The van der Waals surface area contributed by atoms with Gasteiger partial charge in [0.2, 0.25) is 0 Å². The van der Waals surface area contributed by atoms with Gasteiger partial charge in [-0.05, 0) is 92.2 Å². The third-order valence-corrected chi connectivity index (χ3v) is 8.93. The standard InChI is InChI=1S/C28H41FN2/c1-22(31-21-24-5-3-2-4-6-24)27-13-16-28(17-14-27,18-15-27)26-11-9-23(10-12-26)7-8-25(19-29)20-30/h9-12,19,24,31H,1-8,13-18,20-21,30H2/b25-19-. The van der Waals surface area contributed by atoms with Gasteiger partial charge in [-0.3, -0.25) is 0 Å². The zero-order valence-corrected chi connectivity index (χ0v) is 19.2. The Morgan fingerprint density at radius 3 is 2.26 bits per heavy atom. The van der Waals surface area contributed by atoms with Crippen LogP contribution in [0.1, 0.15) is 88.2 Å². The highest BCUT2D eigenvalue weighted by Gasteiger charge is 2.50. The normalized spacial score (nSPS) is 29.2. The second-order valence-electron chi connectivity index (χ2n) is 10.6. The molecule has 170 valence electrons. The monoisotopic (exact) mass is 424 g/mol. The molecule has 0 atom stereocenters. The topological polar surface area (TPSA) is 38.0 Å². The zero-order valence-electron chi connectivity index (χ0n) is 19.2. The molecule has 5 rings (SSSR count). The summed E-state index contributed by atoms with van der Waals surface area (Å²) in [6.07, 6.45) is 16.9. The summed E-state index contributed by atoms with van der Waals surface area (Å²) in [6.45, 7) is 5.98. The number of rotatable bonds is 9. The number of nitrogens with two attached hydrogens (primary N) is 1. The fraction of sp³-hybridized carbons (Fsp3) is 0.643. The molecule has 0 spiro atoms. The number of halogens is 1. The lowest BCUT2D eigenvalue weighted by Gasteiger charge is -2.54. The van der Waals surface area contributed by atoms with E-state index in [9.17, 15) is 4.39 Å². The van der Waals surface area contributed by atoms with Gasteiger partial charge in [-0.15, -0.1) is 0 Å². The van der Waals surface area contributed by atoms with Crippen LogP contribution in [0.25, 0.3) is 0 Å². The third-order valence-electron chi connectivity index (χ3n) is 8.93. The molecule has 4 fully saturated rings. The van der Waals surface area contributed by atoms with Crippen LogP contribution in [0, 0.1) is 11.3 Å². The first-order chi connectivity index (χ1) is 15.1. The van der Waals surface area contributed by atoms with Crippen LogP contribution >= 0.6 is 0 Å². The molecule has 0 unspecified atom stereocenters. The minimum atomic E-state index is 0.306. The molecule has 1 aromatic carbocycles. The number of hydrogen-bond acceptors (Lipinski definition) is 2. The van der Waals surface area contributed by atoms with Crippen LogP contribution in [0.2, 0.25) is 0 Å². The van der Waals surface area contributed by atoms with E-state index in [-0.39, 0.29) is 0 Å². The first kappa shape index (κ1) is 22.6. The summed E-state index contributed by atoms with van der Waals surface area (Å²) < 4.78 is 12.7. The summed E-state index contributed by atoms with van der Waals surface area (Å²) in [5.41, 5.74) is 11.1. The van der Waals surface area contributed by atoms with Gasteiger partial charge in [0, 0.05) is 24.2 Å². The molecule has 4 aliphatic carbocycles. The van der Waals surface area contributed by atoms with Gasteiger partial charge in [0.05, 0.1) is 6.33 Å². The Hall–Kier alpha value is -1.61. The lowest BCUT2D eigenvalue weighted by Crippen LogP contribution is -2.47. The van der Waals surface area contributed by atoms with Crippen molar-refractivity contribution in [3.05, 3.63) is 59.6 Å². The Balaban J connectivity index is 1.32. The number of nitrogens with one attached hydrogen (secondary N) is 1. The van der Waals surface area contributed by atoms with E-state index in [0.29, 0.717) is 35.7 Å². The number of benzene rings is 1. The largest absolute Gasteiger partial charge is 0.388 e. The molecular formula is C28H41FN2. The molecular weight excluding hydrogens is 383 g/mol. The Kier molecular flexibility index (Phi) is 7.21. The molecule has 0 amide bonds. The Bertz CT molecular complexity index is 748. The molecule has 4 aliphatic rings. The highest BCUT2D eigenvalue weighted by atomic mass is 19.1. The van der Waals surface area contributed by atoms with Gasteiger partial charge >= 0.3 is 0 Å². The second-order valence-corrected chi connectivity index (χ2v) is 10.6. The van der Waals surface area contributed by atoms with Crippen molar-refractivity contribution in [2.75, 3.05) is 13.1 Å². The van der Waals surface area contributed by atoms with Crippen LogP contribution in [0.4, 0.5) is 4.39 Å². The first-order valence-corrected chi connectivity index (χ1v) is 12.6. The van der Waals surface area contributed by atoms with Crippen molar-refractivity contribution >= 4 is 0 Å². The fourth-order valence-electron chi connectivity index (χ4n) is 6.45. The van der Waals surface area contributed by atoms with E-state index in [4.69, 9.17) is 5.73 Å². The van der Waals surface area contributed by atoms with E-state index in [0.717, 1.165) is 18.9 Å². The number of fused-ring (bicyclic) bond motifs is 3. The SMILES string of the molecule is C=C(NCC1CCCCC1)C12CCC(c3ccc(CC/C(=C/F)CN)cc3)(CC1)CC2. The highest BCUT2D eigenvalue weighted by Crippen LogP contribution is 2.59. The van der Waals surface area contributed by atoms with Crippen LogP contribution in [0.15, 0.2) is 48.4 Å². The van der Waals surface area contributed by atoms with Crippen molar-refractivity contribution in [3.8, 4) is 0 Å². The summed E-state index contributed by atoms with van der Waals surface area (Å²) in [7, 11) is 0. The lowest BCUT2D eigenvalue weighted by molar-refractivity contribution is 0.0637. The van der Waals surface area contributed by atoms with Gasteiger partial charge in [0.15, 0.2) is 0 Å². The van der Waals surface area contributed by atoms with Crippen LogP contribution in [0.5, 0.6) is 0 Å². The smallest absolute Gasteiger partial charge is 0.0871 e. The number of allylic oxidation sites excluding steroid dienone is 1. The Morgan fingerprint density at radius 2 is 1.68 bits per heavy atom. The van der Waals surface area contributed by atoms with Gasteiger partial charge in [-0.25, -0.2) is 4.39 Å². The Labute approximate surface area is 188 Å². The maximum absolute atomic E-state index is 12.7. The summed E-state index contributed by atoms with van der Waals surface area (Å²) in [5.74, 6) is 0.855. The van der Waals surface area contributed by atoms with E-state index >= 15 is 0 Å². The van der Waals surface area contributed by atoms with Crippen molar-refractivity contribution in [3.63, 3.8) is 0 Å². The number of hydrogen-bond donors (Lipinski definition) is 2. The highest BCUT2D eigenvalue weighted by molar-refractivity contribution is 5.33. The van der Waals surface area contributed by atoms with Crippen molar-refractivity contribution < 1.29 is 4.39 Å². The van der Waals surface area contributed by atoms with E-state index in [1.807, 2.05) is 0 Å². The predicted molar refractivity (Wildman–Crippen MR) is 129 cm³/mol. The quantitative estimate of drug-likeness (QED) is 0.462. The fourth-order valence-corrected chi connectivity index (χ4v) is 6.45. The molecule has 0 aliphatic heterocycles. The van der Waals surface area contributed by atoms with Gasteiger partial charge < -0.3 is 11.1 Å². The third kappa shape index (κ3) is 4.92. The van der Waals surface area contributed by atoms with Gasteiger partial charge in [0.1, 0.15) is 0 Å². The summed E-state index contributed by atoms with van der Waals surface area (Å²) in [6, 6.07) is 9.17. The van der Waals surface area contributed by atoms with Gasteiger partial charge in [0.25, 0.3) is 0 Å². The van der Waals surface area contributed by atoms with Crippen molar-refractivity contribution in [1.29, 1.82) is 0 Å². The van der Waals surface area contributed by atoms with Gasteiger partial charge in [-0.2, -0.15) is 0 Å². The molecule has 31 heavy (non-hydrogen) atoms. The van der Waals surface area contributed by atoms with E-state index in [1.54, 1.807) is 0 Å². The van der Waals surface area contributed by atoms with E-state index in [1.165, 1.54) is 87.5 Å². The summed E-state index contributed by atoms with van der Waals surface area (Å²) in [4.78, 5) is 0. The van der Waals surface area contributed by atoms with Crippen LogP contribution in [-0.2, 0) is 11.8 Å². The molecule has 2 nitrogen and oxygen atoms in total. The second kappa shape index (κ2) is 9.90. The van der Waals surface area contributed by atoms with E-state index < -0.39 is 0 Å². The minimum absolute atomic E-state index is 0.306. The lowest BCUT2D eigenvalue weighted by atomic mass is 9.51. The average Bonchev–Trinajstić information content (AvgIpc) is 2.85. The Morgan fingerprint density at radius 1 is 1.03 bits per heavy atom. The maximum atomic E-state index is 12.7. The van der Waals surface area contributed by atoms with Crippen LogP contribution < -0.4 is 11.1 Å². The van der Waals surface area contributed by atoms with Gasteiger partial charge in [-0.1, -0.05) is 50.1 Å². The van der Waals surface area contributed by atoms with Crippen molar-refractivity contribution in [2.45, 2.75) is 88.9 Å². The minimum Gasteiger partial charge on any atom is -0.388 e. The summed E-state index contributed by atoms with van der Waals surface area (Å²) in [5, 5.41) is 3.80. The molecule has 1 aromatic rings. The average molecular weight is 425 g/mol. The van der Waals surface area contributed by atoms with Crippen LogP contribution in [0.3, 0.4) is 0 Å². The zero-order chi connectivity index (χ0) is 21.7. The molecule has 3 heteroatoms. The van der Waals surface area contributed by atoms with E-state index in [2.05, 4.69) is 36.2 Å². The molecule has 2 bridgehead atoms. The predicted octanol–water partition coefficient (Wildman–Crippen LogP) is 6.71. The molecule has 4 saturated carbocycles. The maximum Gasteiger partial charge on any atom is 0.0871 e. The molecule has 3 N–H and O–H groups in total. The van der Waals surface area contributed by atoms with Crippen LogP contribution in [-0.4, -0.2) is 13.1 Å². The molecule has 0 saturated heterocycles. The summed E-state index contributed by atoms with van der Waals surface area (Å²) >= 11 is 0. The molecule has 0 aromatic heterocycles. The molecule has 0 heterocycles.